The number of sulfonamides is 1. The highest BCUT2D eigenvalue weighted by molar-refractivity contribution is 7.89. The van der Waals surface area contributed by atoms with Crippen molar-refractivity contribution >= 4 is 27.5 Å². The third kappa shape index (κ3) is 5.46. The molecule has 172 valence electrons. The molecule has 4 rings (SSSR count). The third-order valence-electron chi connectivity index (χ3n) is 6.08. The number of nitrogens with zero attached hydrogens (tertiary/aromatic N) is 1. The largest absolute Gasteiger partial charge is 0.348 e. The van der Waals surface area contributed by atoms with Gasteiger partial charge in [-0.1, -0.05) is 60.1 Å². The average Bonchev–Trinajstić information content (AvgIpc) is 2.80. The number of benzene rings is 3. The normalized spacial score (nSPS) is 15.8. The van der Waals surface area contributed by atoms with Crippen LogP contribution in [0.15, 0.2) is 77.7 Å². The van der Waals surface area contributed by atoms with E-state index in [0.717, 1.165) is 36.0 Å². The fraction of sp³-hybridized carbons (Fsp3) is 0.269. The molecule has 3 aromatic rings. The molecular weight excluding hydrogens is 456 g/mol. The Hall–Kier alpha value is -2.67. The van der Waals surface area contributed by atoms with Gasteiger partial charge in [-0.05, 0) is 72.7 Å². The van der Waals surface area contributed by atoms with E-state index in [9.17, 15) is 13.2 Å². The summed E-state index contributed by atoms with van der Waals surface area (Å²) in [6.45, 7) is 1.77. The standard InChI is InChI=1S/C26H27ClN2O3S/c1-19-7-2-3-9-21(19)17-29(33(31,32)23-15-13-22(27)14-16-23)18-26(30)28-25-12-6-10-20-8-4-5-11-24(20)25/h2-5,7-9,11,13-16,25H,6,10,12,17-18H2,1H3,(H,28,30). The number of hydrogen-bond acceptors (Lipinski definition) is 3. The van der Waals surface area contributed by atoms with E-state index in [4.69, 9.17) is 11.6 Å². The van der Waals surface area contributed by atoms with Crippen molar-refractivity contribution in [3.05, 3.63) is 100 Å². The summed E-state index contributed by atoms with van der Waals surface area (Å²) in [6.07, 6.45) is 2.81. The maximum absolute atomic E-state index is 13.5. The molecule has 33 heavy (non-hydrogen) atoms. The second kappa shape index (κ2) is 10.1. The maximum Gasteiger partial charge on any atom is 0.243 e. The number of nitrogens with one attached hydrogen (secondary N) is 1. The fourth-order valence-corrected chi connectivity index (χ4v) is 5.76. The molecule has 1 atom stereocenters. The monoisotopic (exact) mass is 482 g/mol. The lowest BCUT2D eigenvalue weighted by atomic mass is 9.88. The quantitative estimate of drug-likeness (QED) is 0.513. The molecule has 0 aromatic heterocycles. The third-order valence-corrected chi connectivity index (χ3v) is 8.14. The lowest BCUT2D eigenvalue weighted by Crippen LogP contribution is -2.42. The molecule has 3 aromatic carbocycles. The van der Waals surface area contributed by atoms with Crippen molar-refractivity contribution in [3.63, 3.8) is 0 Å². The second-order valence-corrected chi connectivity index (χ2v) is 10.7. The van der Waals surface area contributed by atoms with E-state index < -0.39 is 10.0 Å². The lowest BCUT2D eigenvalue weighted by molar-refractivity contribution is -0.122. The van der Waals surface area contributed by atoms with E-state index >= 15 is 0 Å². The Morgan fingerprint density at radius 3 is 2.48 bits per heavy atom. The van der Waals surface area contributed by atoms with Crippen molar-refractivity contribution in [2.24, 2.45) is 0 Å². The lowest BCUT2D eigenvalue weighted by Gasteiger charge is -2.28. The molecule has 0 saturated heterocycles. The van der Waals surface area contributed by atoms with Gasteiger partial charge < -0.3 is 5.32 Å². The second-order valence-electron chi connectivity index (χ2n) is 8.36. The van der Waals surface area contributed by atoms with Gasteiger partial charge in [-0.2, -0.15) is 4.31 Å². The first-order valence-electron chi connectivity index (χ1n) is 11.0. The smallest absolute Gasteiger partial charge is 0.243 e. The maximum atomic E-state index is 13.5. The summed E-state index contributed by atoms with van der Waals surface area (Å²) in [5.41, 5.74) is 4.17. The van der Waals surface area contributed by atoms with Crippen LogP contribution in [0.25, 0.3) is 0 Å². The first kappa shape index (κ1) is 23.5. The van der Waals surface area contributed by atoms with Crippen LogP contribution < -0.4 is 5.32 Å². The zero-order chi connectivity index (χ0) is 23.4. The summed E-state index contributed by atoms with van der Waals surface area (Å²) in [7, 11) is -3.92. The van der Waals surface area contributed by atoms with Crippen molar-refractivity contribution in [1.82, 2.24) is 9.62 Å². The molecule has 1 amide bonds. The number of fused-ring (bicyclic) bond motifs is 1. The van der Waals surface area contributed by atoms with Crippen molar-refractivity contribution in [2.45, 2.75) is 43.7 Å². The SMILES string of the molecule is Cc1ccccc1CN(CC(=O)NC1CCCc2ccccc21)S(=O)(=O)c1ccc(Cl)cc1. The Bertz CT molecular complexity index is 1240. The minimum absolute atomic E-state index is 0.103. The molecule has 0 radical (unpaired) electrons. The topological polar surface area (TPSA) is 66.5 Å². The molecule has 1 aliphatic rings. The van der Waals surface area contributed by atoms with Crippen molar-refractivity contribution < 1.29 is 13.2 Å². The van der Waals surface area contributed by atoms with Gasteiger partial charge in [0.1, 0.15) is 0 Å². The van der Waals surface area contributed by atoms with Crippen LogP contribution in [0.3, 0.4) is 0 Å². The summed E-state index contributed by atoms with van der Waals surface area (Å²) >= 11 is 5.95. The predicted octanol–water partition coefficient (Wildman–Crippen LogP) is 5.03. The average molecular weight is 483 g/mol. The van der Waals surface area contributed by atoms with Gasteiger partial charge in [0.05, 0.1) is 17.5 Å². The summed E-state index contributed by atoms with van der Waals surface area (Å²) in [5.74, 6) is -0.317. The summed E-state index contributed by atoms with van der Waals surface area (Å²) in [5, 5.41) is 3.52. The highest BCUT2D eigenvalue weighted by Crippen LogP contribution is 2.29. The molecule has 0 aliphatic heterocycles. The van der Waals surface area contributed by atoms with Crippen molar-refractivity contribution in [1.29, 1.82) is 0 Å². The molecule has 1 N–H and O–H groups in total. The van der Waals surface area contributed by atoms with Gasteiger partial charge in [0.2, 0.25) is 15.9 Å². The van der Waals surface area contributed by atoms with Gasteiger partial charge in [0.25, 0.3) is 0 Å². The molecule has 0 saturated carbocycles. The van der Waals surface area contributed by atoms with E-state index in [1.165, 1.54) is 22.0 Å². The number of amides is 1. The summed E-state index contributed by atoms with van der Waals surface area (Å²) in [6, 6.07) is 21.6. The minimum Gasteiger partial charge on any atom is -0.348 e. The van der Waals surface area contributed by atoms with Crippen LogP contribution in [-0.4, -0.2) is 25.2 Å². The van der Waals surface area contributed by atoms with E-state index in [1.54, 1.807) is 12.1 Å². The Morgan fingerprint density at radius 1 is 1.03 bits per heavy atom. The number of hydrogen-bond donors (Lipinski definition) is 1. The van der Waals surface area contributed by atoms with Crippen LogP contribution >= 0.6 is 11.6 Å². The zero-order valence-electron chi connectivity index (χ0n) is 18.5. The molecular formula is C26H27ClN2O3S. The van der Waals surface area contributed by atoms with Gasteiger partial charge in [-0.3, -0.25) is 4.79 Å². The Balaban J connectivity index is 1.59. The Labute approximate surface area is 200 Å². The molecule has 1 unspecified atom stereocenters. The molecule has 0 fully saturated rings. The van der Waals surface area contributed by atoms with E-state index in [1.807, 2.05) is 49.4 Å². The number of halogens is 1. The van der Waals surface area contributed by atoms with Crippen LogP contribution in [0.1, 0.15) is 41.1 Å². The predicted molar refractivity (Wildman–Crippen MR) is 130 cm³/mol. The first-order valence-corrected chi connectivity index (χ1v) is 12.8. The highest BCUT2D eigenvalue weighted by Gasteiger charge is 2.29. The molecule has 0 bridgehead atoms. The van der Waals surface area contributed by atoms with Gasteiger partial charge in [0, 0.05) is 11.6 Å². The van der Waals surface area contributed by atoms with Crippen molar-refractivity contribution in [2.75, 3.05) is 6.54 Å². The Kier molecular flexibility index (Phi) is 7.17. The summed E-state index contributed by atoms with van der Waals surface area (Å²) < 4.78 is 28.2. The van der Waals surface area contributed by atoms with Gasteiger partial charge in [-0.25, -0.2) is 8.42 Å². The van der Waals surface area contributed by atoms with E-state index in [0.29, 0.717) is 5.02 Å². The fourth-order valence-electron chi connectivity index (χ4n) is 4.26. The number of rotatable bonds is 7. The first-order chi connectivity index (χ1) is 15.8. The number of aryl methyl sites for hydroxylation is 2. The molecule has 1 aliphatic carbocycles. The summed E-state index contributed by atoms with van der Waals surface area (Å²) in [4.78, 5) is 13.2. The molecule has 0 spiro atoms. The van der Waals surface area contributed by atoms with E-state index in [-0.39, 0.29) is 29.9 Å². The van der Waals surface area contributed by atoms with Crippen LogP contribution in [0.4, 0.5) is 0 Å². The minimum atomic E-state index is -3.92. The van der Waals surface area contributed by atoms with Crippen LogP contribution in [0.5, 0.6) is 0 Å². The van der Waals surface area contributed by atoms with Crippen molar-refractivity contribution in [3.8, 4) is 0 Å². The molecule has 0 heterocycles. The zero-order valence-corrected chi connectivity index (χ0v) is 20.1. The van der Waals surface area contributed by atoms with Gasteiger partial charge >= 0.3 is 0 Å². The Morgan fingerprint density at radius 2 is 1.73 bits per heavy atom. The van der Waals surface area contributed by atoms with Crippen LogP contribution in [0, 0.1) is 6.92 Å². The highest BCUT2D eigenvalue weighted by atomic mass is 35.5. The number of carbonyl (C=O) groups is 1. The number of carbonyl (C=O) groups excluding carboxylic acids is 1. The molecule has 5 nitrogen and oxygen atoms in total. The van der Waals surface area contributed by atoms with Gasteiger partial charge in [-0.15, -0.1) is 0 Å². The molecule has 7 heteroatoms. The van der Waals surface area contributed by atoms with Crippen LogP contribution in [-0.2, 0) is 27.8 Å². The van der Waals surface area contributed by atoms with Gasteiger partial charge in [0.15, 0.2) is 0 Å². The van der Waals surface area contributed by atoms with Crippen LogP contribution in [0.2, 0.25) is 5.02 Å². The van der Waals surface area contributed by atoms with E-state index in [2.05, 4.69) is 11.4 Å².